The Balaban J connectivity index is 1.50. The molecule has 0 radical (unpaired) electrons. The van der Waals surface area contributed by atoms with Crippen molar-refractivity contribution in [1.82, 2.24) is 0 Å². The lowest BCUT2D eigenvalue weighted by Gasteiger charge is -2.58. The number of hydrogen-bond donors (Lipinski definition) is 0. The number of carbonyl (C=O) groups is 3. The van der Waals surface area contributed by atoms with E-state index in [1.807, 2.05) is 6.92 Å². The lowest BCUT2D eigenvalue weighted by Crippen LogP contribution is -2.59. The molecule has 9 heteroatoms. The zero-order chi connectivity index (χ0) is 27.5. The molecule has 0 bridgehead atoms. The predicted molar refractivity (Wildman–Crippen MR) is 139 cm³/mol. The van der Waals surface area contributed by atoms with Crippen LogP contribution in [0.3, 0.4) is 0 Å². The monoisotopic (exact) mass is 528 g/mol. The Labute approximate surface area is 224 Å². The van der Waals surface area contributed by atoms with Gasteiger partial charge in [0.2, 0.25) is 0 Å². The topological polar surface area (TPSA) is 113 Å². The van der Waals surface area contributed by atoms with Crippen molar-refractivity contribution < 1.29 is 33.5 Å². The summed E-state index contributed by atoms with van der Waals surface area (Å²) >= 11 is 0. The molecule has 3 fully saturated rings. The van der Waals surface area contributed by atoms with Crippen LogP contribution in [0, 0.1) is 34.5 Å². The Morgan fingerprint density at radius 1 is 1.11 bits per heavy atom. The van der Waals surface area contributed by atoms with Gasteiger partial charge in [-0.2, -0.15) is 0 Å². The number of esters is 2. The Morgan fingerprint density at radius 3 is 2.55 bits per heavy atom. The first kappa shape index (κ1) is 26.9. The molecular weight excluding hydrogens is 488 g/mol. The largest absolute Gasteiger partial charge is 0.462 e. The first-order chi connectivity index (χ1) is 18.0. The van der Waals surface area contributed by atoms with E-state index in [0.717, 1.165) is 44.9 Å². The van der Waals surface area contributed by atoms with Crippen molar-refractivity contribution >= 4 is 29.3 Å². The second kappa shape index (κ2) is 9.49. The van der Waals surface area contributed by atoms with E-state index in [4.69, 9.17) is 19.1 Å². The fourth-order valence-corrected chi connectivity index (χ4v) is 8.97. The van der Waals surface area contributed by atoms with Gasteiger partial charge in [-0.15, -0.1) is 0 Å². The zero-order valence-electron chi connectivity index (χ0n) is 23.4. The molecule has 0 aromatic rings. The van der Waals surface area contributed by atoms with E-state index in [-0.39, 0.29) is 41.3 Å². The van der Waals surface area contributed by atoms with Crippen molar-refractivity contribution in [3.8, 4) is 0 Å². The number of fused-ring (bicyclic) bond motifs is 7. The second-order valence-electron chi connectivity index (χ2n) is 12.3. The summed E-state index contributed by atoms with van der Waals surface area (Å²) in [6.45, 7) is 11.3. The number of rotatable bonds is 5. The van der Waals surface area contributed by atoms with E-state index in [1.165, 1.54) is 19.4 Å². The standard InChI is InChI=1S/C29H40N2O7/c1-7-35-26(34)25-24-15-23-21-9-8-19-14-20(36-17(3)32)10-12-27(19,5)22(21)11-13-28(23,6)29(24,38-31-25)16(2)30-37-18(4)33/h8,20-24H,7,9-15H2,1-6H3/b30-16+/t20-,21+,22-,23-,24-,27-,28-,29+/m0/s1. The molecule has 1 heterocycles. The number of hydrogen-bond acceptors (Lipinski definition) is 9. The summed E-state index contributed by atoms with van der Waals surface area (Å²) in [4.78, 5) is 47.5. The maximum atomic E-state index is 13.0. The van der Waals surface area contributed by atoms with Crippen LogP contribution < -0.4 is 0 Å². The van der Waals surface area contributed by atoms with Crippen molar-refractivity contribution in [2.45, 2.75) is 98.2 Å². The molecule has 208 valence electrons. The number of carbonyl (C=O) groups excluding carboxylic acids is 3. The molecule has 38 heavy (non-hydrogen) atoms. The summed E-state index contributed by atoms with van der Waals surface area (Å²) in [7, 11) is 0. The first-order valence-corrected chi connectivity index (χ1v) is 14.0. The van der Waals surface area contributed by atoms with Crippen LogP contribution in [0.5, 0.6) is 0 Å². The van der Waals surface area contributed by atoms with Crippen molar-refractivity contribution in [3.05, 3.63) is 11.6 Å². The Hall–Kier alpha value is -2.71. The van der Waals surface area contributed by atoms with E-state index >= 15 is 0 Å². The summed E-state index contributed by atoms with van der Waals surface area (Å²) in [6.07, 6.45) is 8.60. The van der Waals surface area contributed by atoms with Gasteiger partial charge in [-0.25, -0.2) is 9.59 Å². The quantitative estimate of drug-likeness (QED) is 0.167. The summed E-state index contributed by atoms with van der Waals surface area (Å²) < 4.78 is 10.9. The van der Waals surface area contributed by atoms with Crippen LogP contribution in [-0.2, 0) is 33.5 Å². The van der Waals surface area contributed by atoms with E-state index in [1.54, 1.807) is 6.92 Å². The lowest BCUT2D eigenvalue weighted by atomic mass is 9.46. The molecule has 3 saturated carbocycles. The van der Waals surface area contributed by atoms with Gasteiger partial charge in [-0.3, -0.25) is 4.79 Å². The highest BCUT2D eigenvalue weighted by Gasteiger charge is 2.74. The molecule has 0 amide bonds. The summed E-state index contributed by atoms with van der Waals surface area (Å²) in [5.74, 6) is -0.351. The third-order valence-electron chi connectivity index (χ3n) is 10.6. The minimum absolute atomic E-state index is 0.0387. The van der Waals surface area contributed by atoms with E-state index in [0.29, 0.717) is 23.3 Å². The van der Waals surface area contributed by atoms with Gasteiger partial charge in [-0.1, -0.05) is 35.8 Å². The molecule has 0 saturated heterocycles. The van der Waals surface area contributed by atoms with Gasteiger partial charge >= 0.3 is 17.9 Å². The molecule has 4 aliphatic carbocycles. The molecule has 5 aliphatic rings. The number of ether oxygens (including phenoxy) is 2. The van der Waals surface area contributed by atoms with Crippen LogP contribution in [0.2, 0.25) is 0 Å². The van der Waals surface area contributed by atoms with E-state index < -0.39 is 17.5 Å². The van der Waals surface area contributed by atoms with Crippen molar-refractivity contribution in [2.24, 2.45) is 44.8 Å². The highest BCUT2D eigenvalue weighted by Crippen LogP contribution is 2.70. The van der Waals surface area contributed by atoms with Crippen LogP contribution in [-0.4, -0.2) is 47.6 Å². The zero-order valence-corrected chi connectivity index (χ0v) is 23.4. The van der Waals surface area contributed by atoms with Gasteiger partial charge in [-0.05, 0) is 75.5 Å². The molecule has 5 rings (SSSR count). The van der Waals surface area contributed by atoms with Crippen LogP contribution >= 0.6 is 0 Å². The fraction of sp³-hybridized carbons (Fsp3) is 0.759. The average Bonchev–Trinajstić information content (AvgIpc) is 3.36. The highest BCUT2D eigenvalue weighted by molar-refractivity contribution is 6.38. The SMILES string of the molecule is CCOC(=O)C1=NO[C@]2(/C(C)=N/OC(C)=O)[C@H]1C[C@H]1[C@@H]3CC=C4C[C@@H](OC(C)=O)CC[C@]4(C)[C@H]3CC[C@@]12C. The second-order valence-corrected chi connectivity index (χ2v) is 12.3. The Bertz CT molecular complexity index is 1130. The van der Waals surface area contributed by atoms with Crippen LogP contribution in [0.1, 0.15) is 86.5 Å². The van der Waals surface area contributed by atoms with Crippen molar-refractivity contribution in [2.75, 3.05) is 6.61 Å². The predicted octanol–water partition coefficient (Wildman–Crippen LogP) is 4.73. The van der Waals surface area contributed by atoms with Crippen LogP contribution in [0.4, 0.5) is 0 Å². The van der Waals surface area contributed by atoms with Gasteiger partial charge in [0.1, 0.15) is 11.8 Å². The molecule has 8 atom stereocenters. The average molecular weight is 529 g/mol. The molecular formula is C29H40N2O7. The lowest BCUT2D eigenvalue weighted by molar-refractivity contribution is -0.149. The minimum atomic E-state index is -0.974. The first-order valence-electron chi connectivity index (χ1n) is 14.0. The minimum Gasteiger partial charge on any atom is -0.462 e. The normalized spacial score (nSPS) is 41.3. The molecule has 0 aromatic carbocycles. The summed E-state index contributed by atoms with van der Waals surface area (Å²) in [6, 6.07) is 0. The maximum Gasteiger partial charge on any atom is 0.356 e. The van der Waals surface area contributed by atoms with Gasteiger partial charge in [0.05, 0.1) is 12.5 Å². The molecule has 0 aromatic heterocycles. The van der Waals surface area contributed by atoms with Crippen molar-refractivity contribution in [1.29, 1.82) is 0 Å². The summed E-state index contributed by atoms with van der Waals surface area (Å²) in [5.41, 5.74) is 0.983. The fourth-order valence-electron chi connectivity index (χ4n) is 8.97. The molecule has 9 nitrogen and oxygen atoms in total. The van der Waals surface area contributed by atoms with Crippen LogP contribution in [0.15, 0.2) is 22.0 Å². The van der Waals surface area contributed by atoms with Crippen molar-refractivity contribution in [3.63, 3.8) is 0 Å². The molecule has 0 N–H and O–H groups in total. The Morgan fingerprint density at radius 2 is 1.87 bits per heavy atom. The smallest absolute Gasteiger partial charge is 0.356 e. The maximum absolute atomic E-state index is 13.0. The van der Waals surface area contributed by atoms with E-state index in [9.17, 15) is 14.4 Å². The number of nitrogens with zero attached hydrogens (tertiary/aromatic N) is 2. The Kier molecular flexibility index (Phi) is 6.71. The number of oxime groups is 2. The van der Waals surface area contributed by atoms with Gasteiger partial charge in [0.25, 0.3) is 0 Å². The molecule has 0 unspecified atom stereocenters. The van der Waals surface area contributed by atoms with E-state index in [2.05, 4.69) is 30.2 Å². The third kappa shape index (κ3) is 3.82. The number of allylic oxidation sites excluding steroid dienone is 1. The molecule has 1 aliphatic heterocycles. The van der Waals surface area contributed by atoms with Gasteiger partial charge in [0.15, 0.2) is 11.3 Å². The van der Waals surface area contributed by atoms with Gasteiger partial charge in [0, 0.05) is 25.7 Å². The summed E-state index contributed by atoms with van der Waals surface area (Å²) in [5, 5.41) is 8.47. The third-order valence-corrected chi connectivity index (χ3v) is 10.6. The van der Waals surface area contributed by atoms with Crippen LogP contribution in [0.25, 0.3) is 0 Å². The van der Waals surface area contributed by atoms with Gasteiger partial charge < -0.3 is 19.1 Å². The molecule has 0 spiro atoms. The highest BCUT2D eigenvalue weighted by atomic mass is 16.7.